The van der Waals surface area contributed by atoms with Crippen LogP contribution >= 0.6 is 27.5 Å². The topological polar surface area (TPSA) is 40.5 Å². The first-order valence-corrected chi connectivity index (χ1v) is 5.37. The molecule has 0 aliphatic heterocycles. The monoisotopic (exact) mass is 271 g/mol. The highest BCUT2D eigenvalue weighted by molar-refractivity contribution is 9.10. The van der Waals surface area contributed by atoms with Crippen LogP contribution in [0.3, 0.4) is 0 Å². The SMILES string of the molecule is CCCC(Cl)(Br)C(=O)N(C)CCO. The summed E-state index contributed by atoms with van der Waals surface area (Å²) in [4.78, 5) is 13.0. The Morgan fingerprint density at radius 3 is 2.62 bits per heavy atom. The number of aliphatic hydroxyl groups excluding tert-OH is 1. The second kappa shape index (κ2) is 5.83. The summed E-state index contributed by atoms with van der Waals surface area (Å²) in [6.45, 7) is 2.22. The summed E-state index contributed by atoms with van der Waals surface area (Å²) in [7, 11) is 1.62. The molecule has 1 N–H and O–H groups in total. The minimum Gasteiger partial charge on any atom is -0.395 e. The molecule has 13 heavy (non-hydrogen) atoms. The molecule has 5 heteroatoms. The molecule has 0 aliphatic carbocycles. The molecule has 0 fully saturated rings. The van der Waals surface area contributed by atoms with E-state index in [1.165, 1.54) is 4.90 Å². The highest BCUT2D eigenvalue weighted by Crippen LogP contribution is 2.30. The number of likely N-dealkylation sites (N-methyl/N-ethyl adjacent to an activating group) is 1. The third-order valence-electron chi connectivity index (χ3n) is 1.66. The van der Waals surface area contributed by atoms with Crippen molar-refractivity contribution in [1.29, 1.82) is 0 Å². The van der Waals surface area contributed by atoms with Gasteiger partial charge in [0, 0.05) is 13.6 Å². The van der Waals surface area contributed by atoms with Crippen molar-refractivity contribution in [2.24, 2.45) is 0 Å². The fourth-order valence-electron chi connectivity index (χ4n) is 0.952. The van der Waals surface area contributed by atoms with Gasteiger partial charge in [0.2, 0.25) is 0 Å². The average Bonchev–Trinajstić information content (AvgIpc) is 2.03. The number of alkyl halides is 2. The van der Waals surface area contributed by atoms with Crippen molar-refractivity contribution in [2.75, 3.05) is 20.2 Å². The fraction of sp³-hybridized carbons (Fsp3) is 0.875. The van der Waals surface area contributed by atoms with Crippen LogP contribution in [0.2, 0.25) is 0 Å². The molecule has 0 saturated heterocycles. The Morgan fingerprint density at radius 2 is 2.23 bits per heavy atom. The summed E-state index contributed by atoms with van der Waals surface area (Å²) in [5.41, 5.74) is 0. The highest BCUT2D eigenvalue weighted by Gasteiger charge is 2.34. The van der Waals surface area contributed by atoms with E-state index in [9.17, 15) is 4.79 Å². The number of aliphatic hydroxyl groups is 1. The van der Waals surface area contributed by atoms with Crippen molar-refractivity contribution in [1.82, 2.24) is 4.90 Å². The molecule has 1 unspecified atom stereocenters. The number of halogens is 2. The maximum Gasteiger partial charge on any atom is 0.254 e. The summed E-state index contributed by atoms with van der Waals surface area (Å²) < 4.78 is -1.01. The van der Waals surface area contributed by atoms with Crippen molar-refractivity contribution >= 4 is 33.4 Å². The molecule has 78 valence electrons. The van der Waals surface area contributed by atoms with Gasteiger partial charge in [0.15, 0.2) is 3.78 Å². The summed E-state index contributed by atoms with van der Waals surface area (Å²) >= 11 is 9.13. The summed E-state index contributed by atoms with van der Waals surface area (Å²) in [6, 6.07) is 0. The molecular formula is C8H15BrClNO2. The zero-order chi connectivity index (χ0) is 10.5. The molecule has 0 aromatic heterocycles. The molecule has 0 spiro atoms. The van der Waals surface area contributed by atoms with Crippen LogP contribution in [0.5, 0.6) is 0 Å². The summed E-state index contributed by atoms with van der Waals surface area (Å²) in [5.74, 6) is -0.204. The molecule has 0 aliphatic rings. The van der Waals surface area contributed by atoms with E-state index in [-0.39, 0.29) is 12.5 Å². The van der Waals surface area contributed by atoms with Gasteiger partial charge < -0.3 is 10.0 Å². The first kappa shape index (κ1) is 13.2. The molecule has 0 aromatic carbocycles. The molecule has 3 nitrogen and oxygen atoms in total. The largest absolute Gasteiger partial charge is 0.395 e. The highest BCUT2D eigenvalue weighted by atomic mass is 79.9. The Balaban J connectivity index is 4.21. The van der Waals surface area contributed by atoms with Gasteiger partial charge in [-0.2, -0.15) is 0 Å². The van der Waals surface area contributed by atoms with Crippen LogP contribution in [-0.4, -0.2) is 39.9 Å². The molecule has 0 saturated carbocycles. The van der Waals surface area contributed by atoms with Gasteiger partial charge in [-0.3, -0.25) is 4.79 Å². The van der Waals surface area contributed by atoms with Gasteiger partial charge in [-0.05, 0) is 6.42 Å². The van der Waals surface area contributed by atoms with Crippen LogP contribution in [0, 0.1) is 0 Å². The molecular weight excluding hydrogens is 257 g/mol. The molecule has 0 bridgehead atoms. The lowest BCUT2D eigenvalue weighted by Gasteiger charge is -2.25. The minimum atomic E-state index is -1.01. The van der Waals surface area contributed by atoms with E-state index in [0.717, 1.165) is 6.42 Å². The van der Waals surface area contributed by atoms with Crippen molar-refractivity contribution in [3.63, 3.8) is 0 Å². The number of carbonyl (C=O) groups excluding carboxylic acids is 1. The molecule has 1 atom stereocenters. The first-order valence-electron chi connectivity index (χ1n) is 4.20. The number of amides is 1. The predicted molar refractivity (Wildman–Crippen MR) is 57.1 cm³/mol. The third-order valence-corrected chi connectivity index (χ3v) is 2.75. The molecule has 0 rings (SSSR count). The zero-order valence-electron chi connectivity index (χ0n) is 7.89. The Hall–Kier alpha value is 0.200. The predicted octanol–water partition coefficient (Wildman–Crippen LogP) is 1.57. The van der Waals surface area contributed by atoms with E-state index in [1.807, 2.05) is 6.92 Å². The maximum absolute atomic E-state index is 11.6. The Labute approximate surface area is 92.2 Å². The van der Waals surface area contributed by atoms with E-state index >= 15 is 0 Å². The minimum absolute atomic E-state index is 0.0473. The molecule has 1 amide bonds. The van der Waals surface area contributed by atoms with Gasteiger partial charge in [0.25, 0.3) is 5.91 Å². The van der Waals surface area contributed by atoms with E-state index < -0.39 is 3.78 Å². The number of nitrogens with zero attached hydrogens (tertiary/aromatic N) is 1. The van der Waals surface area contributed by atoms with Crippen LogP contribution in [0.25, 0.3) is 0 Å². The van der Waals surface area contributed by atoms with Gasteiger partial charge in [-0.15, -0.1) is 0 Å². The van der Waals surface area contributed by atoms with Crippen LogP contribution in [0.15, 0.2) is 0 Å². The standard InChI is InChI=1S/C8H15BrClNO2/c1-3-4-8(9,10)7(13)11(2)5-6-12/h12H,3-6H2,1-2H3. The second-order valence-electron chi connectivity index (χ2n) is 2.90. The quantitative estimate of drug-likeness (QED) is 0.772. The lowest BCUT2D eigenvalue weighted by Crippen LogP contribution is -2.40. The molecule has 0 aromatic rings. The van der Waals surface area contributed by atoms with Gasteiger partial charge in [-0.1, -0.05) is 40.9 Å². The third kappa shape index (κ3) is 4.29. The smallest absolute Gasteiger partial charge is 0.254 e. The van der Waals surface area contributed by atoms with Crippen LogP contribution in [0.4, 0.5) is 0 Å². The summed E-state index contributed by atoms with van der Waals surface area (Å²) in [5, 5.41) is 8.63. The maximum atomic E-state index is 11.6. The molecule has 0 radical (unpaired) electrons. The number of hydrogen-bond donors (Lipinski definition) is 1. The van der Waals surface area contributed by atoms with Crippen LogP contribution < -0.4 is 0 Å². The lowest BCUT2D eigenvalue weighted by atomic mass is 10.2. The number of hydrogen-bond acceptors (Lipinski definition) is 2. The van der Waals surface area contributed by atoms with E-state index in [0.29, 0.717) is 13.0 Å². The lowest BCUT2D eigenvalue weighted by molar-refractivity contribution is -0.130. The van der Waals surface area contributed by atoms with Gasteiger partial charge in [-0.25, -0.2) is 0 Å². The van der Waals surface area contributed by atoms with Crippen molar-refractivity contribution in [2.45, 2.75) is 23.5 Å². The van der Waals surface area contributed by atoms with Crippen LogP contribution in [-0.2, 0) is 4.79 Å². The summed E-state index contributed by atoms with van der Waals surface area (Å²) in [6.07, 6.45) is 1.40. The normalized spacial score (nSPS) is 15.2. The van der Waals surface area contributed by atoms with E-state index in [2.05, 4.69) is 15.9 Å². The second-order valence-corrected chi connectivity index (χ2v) is 5.36. The van der Waals surface area contributed by atoms with E-state index in [4.69, 9.17) is 16.7 Å². The van der Waals surface area contributed by atoms with E-state index in [1.54, 1.807) is 7.05 Å². The molecule has 0 heterocycles. The fourth-order valence-corrected chi connectivity index (χ4v) is 1.98. The Morgan fingerprint density at radius 1 is 1.69 bits per heavy atom. The van der Waals surface area contributed by atoms with Crippen LogP contribution in [0.1, 0.15) is 19.8 Å². The Bertz CT molecular complexity index is 176. The Kier molecular flexibility index (Phi) is 5.92. The number of rotatable bonds is 5. The van der Waals surface area contributed by atoms with Gasteiger partial charge in [0.05, 0.1) is 6.61 Å². The van der Waals surface area contributed by atoms with Gasteiger partial charge in [0.1, 0.15) is 0 Å². The zero-order valence-corrected chi connectivity index (χ0v) is 10.2. The number of carbonyl (C=O) groups is 1. The van der Waals surface area contributed by atoms with Crippen molar-refractivity contribution in [3.05, 3.63) is 0 Å². The van der Waals surface area contributed by atoms with Crippen molar-refractivity contribution in [3.8, 4) is 0 Å². The van der Waals surface area contributed by atoms with Crippen molar-refractivity contribution < 1.29 is 9.90 Å². The first-order chi connectivity index (χ1) is 5.95. The van der Waals surface area contributed by atoms with Gasteiger partial charge >= 0.3 is 0 Å². The average molecular weight is 273 g/mol.